The molecule has 18 heavy (non-hydrogen) atoms. The molecule has 0 amide bonds. The summed E-state index contributed by atoms with van der Waals surface area (Å²) in [6.07, 6.45) is 2.53. The summed E-state index contributed by atoms with van der Waals surface area (Å²) in [5.41, 5.74) is 8.74. The van der Waals surface area contributed by atoms with Crippen LogP contribution in [0.1, 0.15) is 11.1 Å². The molecule has 94 valence electrons. The molecular weight excluding hydrogens is 246 g/mol. The molecular formula is C14H16ClN3. The third-order valence-corrected chi connectivity index (χ3v) is 2.94. The van der Waals surface area contributed by atoms with Crippen LogP contribution in [0.3, 0.4) is 0 Å². The molecule has 3 N–H and O–H groups in total. The Labute approximate surface area is 112 Å². The number of anilines is 2. The Morgan fingerprint density at radius 2 is 2.17 bits per heavy atom. The molecule has 1 aromatic carbocycles. The Hall–Kier alpha value is -1.74. The number of nitrogens with zero attached hydrogens (tertiary/aromatic N) is 1. The van der Waals surface area contributed by atoms with Crippen LogP contribution in [-0.2, 0) is 6.42 Å². The zero-order valence-electron chi connectivity index (χ0n) is 10.3. The average molecular weight is 262 g/mol. The number of rotatable bonds is 4. The third kappa shape index (κ3) is 3.37. The molecule has 0 saturated carbocycles. The van der Waals surface area contributed by atoms with Gasteiger partial charge in [0.25, 0.3) is 0 Å². The average Bonchev–Trinajstić information content (AvgIpc) is 2.32. The van der Waals surface area contributed by atoms with Gasteiger partial charge in [-0.3, -0.25) is 0 Å². The van der Waals surface area contributed by atoms with Crippen molar-refractivity contribution in [1.82, 2.24) is 4.98 Å². The van der Waals surface area contributed by atoms with E-state index in [1.165, 1.54) is 11.1 Å². The van der Waals surface area contributed by atoms with Crippen molar-refractivity contribution in [2.24, 2.45) is 0 Å². The van der Waals surface area contributed by atoms with Gasteiger partial charge in [0.15, 0.2) is 0 Å². The van der Waals surface area contributed by atoms with Crippen LogP contribution in [0.2, 0.25) is 5.02 Å². The molecule has 0 aliphatic heterocycles. The molecule has 0 atom stereocenters. The lowest BCUT2D eigenvalue weighted by Gasteiger charge is -2.08. The molecule has 2 rings (SSSR count). The lowest BCUT2D eigenvalue weighted by atomic mass is 10.1. The maximum absolute atomic E-state index is 6.03. The van der Waals surface area contributed by atoms with Crippen molar-refractivity contribution in [3.8, 4) is 0 Å². The molecule has 0 bridgehead atoms. The lowest BCUT2D eigenvalue weighted by Crippen LogP contribution is -2.07. The lowest BCUT2D eigenvalue weighted by molar-refractivity contribution is 1.00. The van der Waals surface area contributed by atoms with Crippen molar-refractivity contribution in [3.05, 3.63) is 52.7 Å². The van der Waals surface area contributed by atoms with Crippen molar-refractivity contribution in [1.29, 1.82) is 0 Å². The van der Waals surface area contributed by atoms with E-state index in [0.717, 1.165) is 13.0 Å². The minimum absolute atomic E-state index is 0.555. The van der Waals surface area contributed by atoms with Crippen LogP contribution in [0.4, 0.5) is 11.5 Å². The number of nitrogens with two attached hydrogens (primary N) is 1. The highest BCUT2D eigenvalue weighted by molar-refractivity contribution is 6.33. The summed E-state index contributed by atoms with van der Waals surface area (Å²) in [7, 11) is 0. The number of pyridine rings is 1. The Morgan fingerprint density at radius 3 is 2.89 bits per heavy atom. The third-order valence-electron chi connectivity index (χ3n) is 2.65. The fourth-order valence-corrected chi connectivity index (χ4v) is 2.02. The van der Waals surface area contributed by atoms with E-state index in [1.807, 2.05) is 0 Å². The SMILES string of the molecule is Cc1cccc(CCNc2ncc(N)cc2Cl)c1. The monoisotopic (exact) mass is 261 g/mol. The predicted molar refractivity (Wildman–Crippen MR) is 77.0 cm³/mol. The van der Waals surface area contributed by atoms with Crippen LogP contribution in [0, 0.1) is 6.92 Å². The van der Waals surface area contributed by atoms with Gasteiger partial charge in [0.1, 0.15) is 5.82 Å². The number of nitrogen functional groups attached to an aromatic ring is 1. The molecule has 1 heterocycles. The van der Waals surface area contributed by atoms with E-state index in [-0.39, 0.29) is 0 Å². The molecule has 0 unspecified atom stereocenters. The summed E-state index contributed by atoms with van der Waals surface area (Å²) >= 11 is 6.03. The second kappa shape index (κ2) is 5.74. The highest BCUT2D eigenvalue weighted by Crippen LogP contribution is 2.20. The summed E-state index contributed by atoms with van der Waals surface area (Å²) in [6, 6.07) is 10.2. The van der Waals surface area contributed by atoms with Crippen LogP contribution in [0.15, 0.2) is 36.5 Å². The van der Waals surface area contributed by atoms with E-state index >= 15 is 0 Å². The quantitative estimate of drug-likeness (QED) is 0.888. The largest absolute Gasteiger partial charge is 0.397 e. The molecule has 0 aliphatic carbocycles. The molecule has 4 heteroatoms. The Kier molecular flexibility index (Phi) is 4.05. The van der Waals surface area contributed by atoms with Gasteiger partial charge in [-0.2, -0.15) is 0 Å². The zero-order chi connectivity index (χ0) is 13.0. The Bertz CT molecular complexity index is 540. The number of nitrogens with one attached hydrogen (secondary N) is 1. The second-order valence-corrected chi connectivity index (χ2v) is 4.67. The summed E-state index contributed by atoms with van der Waals surface area (Å²) in [5, 5.41) is 3.76. The van der Waals surface area contributed by atoms with Crippen molar-refractivity contribution >= 4 is 23.1 Å². The Morgan fingerprint density at radius 1 is 1.33 bits per heavy atom. The second-order valence-electron chi connectivity index (χ2n) is 4.26. The number of halogens is 1. The van der Waals surface area contributed by atoms with Gasteiger partial charge in [0.05, 0.1) is 16.9 Å². The topological polar surface area (TPSA) is 50.9 Å². The normalized spacial score (nSPS) is 10.3. The Balaban J connectivity index is 1.92. The zero-order valence-corrected chi connectivity index (χ0v) is 11.0. The van der Waals surface area contributed by atoms with Crippen LogP contribution >= 0.6 is 11.6 Å². The minimum atomic E-state index is 0.555. The molecule has 0 saturated heterocycles. The van der Waals surface area contributed by atoms with Crippen molar-refractivity contribution in [2.75, 3.05) is 17.6 Å². The molecule has 0 aliphatic rings. The molecule has 0 spiro atoms. The predicted octanol–water partition coefficient (Wildman–Crippen LogP) is 3.28. The van der Waals surface area contributed by atoms with Crippen molar-refractivity contribution in [2.45, 2.75) is 13.3 Å². The summed E-state index contributed by atoms with van der Waals surface area (Å²) in [4.78, 5) is 4.16. The molecule has 3 nitrogen and oxygen atoms in total. The van der Waals surface area contributed by atoms with Gasteiger partial charge >= 0.3 is 0 Å². The number of aryl methyl sites for hydroxylation is 1. The van der Waals surface area contributed by atoms with E-state index in [1.54, 1.807) is 12.3 Å². The fourth-order valence-electron chi connectivity index (χ4n) is 1.78. The summed E-state index contributed by atoms with van der Waals surface area (Å²) in [6.45, 7) is 2.88. The van der Waals surface area contributed by atoms with Crippen LogP contribution in [-0.4, -0.2) is 11.5 Å². The highest BCUT2D eigenvalue weighted by atomic mass is 35.5. The van der Waals surface area contributed by atoms with Gasteiger partial charge in [-0.05, 0) is 25.0 Å². The van der Waals surface area contributed by atoms with Gasteiger partial charge in [-0.1, -0.05) is 41.4 Å². The smallest absolute Gasteiger partial charge is 0.144 e. The van der Waals surface area contributed by atoms with E-state index in [2.05, 4.69) is 41.5 Å². The van der Waals surface area contributed by atoms with Crippen LogP contribution in [0.5, 0.6) is 0 Å². The van der Waals surface area contributed by atoms with Gasteiger partial charge in [0.2, 0.25) is 0 Å². The molecule has 0 fully saturated rings. The minimum Gasteiger partial charge on any atom is -0.397 e. The van der Waals surface area contributed by atoms with Crippen LogP contribution < -0.4 is 11.1 Å². The highest BCUT2D eigenvalue weighted by Gasteiger charge is 2.01. The van der Waals surface area contributed by atoms with Gasteiger partial charge < -0.3 is 11.1 Å². The molecule has 1 aromatic heterocycles. The first-order valence-corrected chi connectivity index (χ1v) is 6.23. The van der Waals surface area contributed by atoms with Gasteiger partial charge in [0, 0.05) is 6.54 Å². The molecule has 2 aromatic rings. The number of hydrogen-bond acceptors (Lipinski definition) is 3. The van der Waals surface area contributed by atoms with E-state index in [0.29, 0.717) is 16.5 Å². The van der Waals surface area contributed by atoms with E-state index in [4.69, 9.17) is 17.3 Å². The summed E-state index contributed by atoms with van der Waals surface area (Å²) < 4.78 is 0. The molecule has 0 radical (unpaired) electrons. The summed E-state index contributed by atoms with van der Waals surface area (Å²) in [5.74, 6) is 0.679. The number of aromatic nitrogens is 1. The number of benzene rings is 1. The fraction of sp³-hybridized carbons (Fsp3) is 0.214. The maximum Gasteiger partial charge on any atom is 0.144 e. The van der Waals surface area contributed by atoms with Crippen molar-refractivity contribution in [3.63, 3.8) is 0 Å². The maximum atomic E-state index is 6.03. The van der Waals surface area contributed by atoms with Crippen LogP contribution in [0.25, 0.3) is 0 Å². The van der Waals surface area contributed by atoms with E-state index in [9.17, 15) is 0 Å². The van der Waals surface area contributed by atoms with Gasteiger partial charge in [-0.25, -0.2) is 4.98 Å². The van der Waals surface area contributed by atoms with Crippen molar-refractivity contribution < 1.29 is 0 Å². The number of hydrogen-bond donors (Lipinski definition) is 2. The van der Waals surface area contributed by atoms with Gasteiger partial charge in [-0.15, -0.1) is 0 Å². The first-order chi connectivity index (χ1) is 8.65. The first kappa shape index (κ1) is 12.7. The first-order valence-electron chi connectivity index (χ1n) is 5.85. The van der Waals surface area contributed by atoms with E-state index < -0.39 is 0 Å². The standard InChI is InChI=1S/C14H16ClN3/c1-10-3-2-4-11(7-10)5-6-17-14-13(15)8-12(16)9-18-14/h2-4,7-9H,5-6,16H2,1H3,(H,17,18).